The van der Waals surface area contributed by atoms with Crippen LogP contribution in [0.2, 0.25) is 0 Å². The molecular formula is C11H17NO3. The Labute approximate surface area is 89.4 Å². The van der Waals surface area contributed by atoms with Gasteiger partial charge in [0.1, 0.15) is 6.10 Å². The molecule has 1 aliphatic carbocycles. The van der Waals surface area contributed by atoms with E-state index in [1.54, 1.807) is 0 Å². The molecule has 2 atom stereocenters. The van der Waals surface area contributed by atoms with E-state index in [1.165, 1.54) is 0 Å². The van der Waals surface area contributed by atoms with E-state index >= 15 is 0 Å². The van der Waals surface area contributed by atoms with E-state index in [0.717, 1.165) is 0 Å². The lowest BCUT2D eigenvalue weighted by Gasteiger charge is -2.18. The van der Waals surface area contributed by atoms with Gasteiger partial charge in [-0.3, -0.25) is 4.79 Å². The van der Waals surface area contributed by atoms with Crippen LogP contribution in [0, 0.1) is 0 Å². The van der Waals surface area contributed by atoms with Gasteiger partial charge in [0, 0.05) is 17.7 Å². The Balaban J connectivity index is 2.22. The lowest BCUT2D eigenvalue weighted by atomic mass is 10.1. The Morgan fingerprint density at radius 1 is 1.53 bits per heavy atom. The fraction of sp³-hybridized carbons (Fsp3) is 0.727. The Bertz CT molecular complexity index is 333. The van der Waals surface area contributed by atoms with Gasteiger partial charge < -0.3 is 15.2 Å². The van der Waals surface area contributed by atoms with Crippen molar-refractivity contribution >= 4 is 5.78 Å². The smallest absolute Gasteiger partial charge is 0.192 e. The fourth-order valence-electron chi connectivity index (χ4n) is 2.18. The number of carbonyl (C=O) groups excluding carboxylic acids is 1. The first-order chi connectivity index (χ1) is 6.94. The molecule has 15 heavy (non-hydrogen) atoms. The van der Waals surface area contributed by atoms with Crippen LogP contribution < -0.4 is 5.73 Å². The molecule has 2 N–H and O–H groups in total. The average Bonchev–Trinajstić information content (AvgIpc) is 2.60. The molecule has 0 aromatic heterocycles. The second kappa shape index (κ2) is 3.32. The van der Waals surface area contributed by atoms with Crippen LogP contribution in [0.1, 0.15) is 33.6 Å². The highest BCUT2D eigenvalue weighted by Gasteiger charge is 2.51. The van der Waals surface area contributed by atoms with Gasteiger partial charge in [-0.05, 0) is 20.3 Å². The zero-order valence-corrected chi connectivity index (χ0v) is 9.37. The Kier molecular flexibility index (Phi) is 2.35. The van der Waals surface area contributed by atoms with Crippen LogP contribution in [0.4, 0.5) is 0 Å². The van der Waals surface area contributed by atoms with Crippen LogP contribution in [0.3, 0.4) is 0 Å². The number of ether oxygens (including phenoxy) is 2. The summed E-state index contributed by atoms with van der Waals surface area (Å²) in [7, 11) is 0. The molecule has 2 aliphatic rings. The van der Waals surface area contributed by atoms with Gasteiger partial charge in [0.15, 0.2) is 11.6 Å². The van der Waals surface area contributed by atoms with Gasteiger partial charge in [0.05, 0.1) is 6.10 Å². The molecular weight excluding hydrogens is 194 g/mol. The van der Waals surface area contributed by atoms with Crippen molar-refractivity contribution in [1.82, 2.24) is 0 Å². The summed E-state index contributed by atoms with van der Waals surface area (Å²) in [6, 6.07) is 0. The lowest BCUT2D eigenvalue weighted by Crippen LogP contribution is -2.26. The van der Waals surface area contributed by atoms with Crippen molar-refractivity contribution < 1.29 is 14.3 Å². The highest BCUT2D eigenvalue weighted by atomic mass is 16.8. The Morgan fingerprint density at radius 2 is 2.20 bits per heavy atom. The normalized spacial score (nSPS) is 36.9. The number of carbonyl (C=O) groups is 1. The number of nitrogens with two attached hydrogens (primary N) is 1. The third kappa shape index (κ3) is 1.68. The van der Waals surface area contributed by atoms with Gasteiger partial charge in [-0.1, -0.05) is 6.92 Å². The number of hydrogen-bond donors (Lipinski definition) is 1. The zero-order valence-electron chi connectivity index (χ0n) is 9.37. The van der Waals surface area contributed by atoms with Crippen LogP contribution in [0.5, 0.6) is 0 Å². The molecule has 0 aromatic carbocycles. The van der Waals surface area contributed by atoms with E-state index < -0.39 is 11.9 Å². The summed E-state index contributed by atoms with van der Waals surface area (Å²) in [6.07, 6.45) is 0.698. The standard InChI is InChI=1S/C11H17NO3/c1-4-7(12)6-5-8-10(9(6)13)15-11(2,3)14-8/h8,10H,4-5,12H2,1-3H3/b7-6-/t8-,10-/m0/s1. The molecule has 2 rings (SSSR count). The summed E-state index contributed by atoms with van der Waals surface area (Å²) < 4.78 is 11.2. The summed E-state index contributed by atoms with van der Waals surface area (Å²) in [6.45, 7) is 5.59. The molecule has 4 nitrogen and oxygen atoms in total. The molecule has 1 aliphatic heterocycles. The predicted octanol–water partition coefficient (Wildman–Crippen LogP) is 1.10. The highest BCUT2D eigenvalue weighted by molar-refractivity contribution is 6.02. The summed E-state index contributed by atoms with van der Waals surface area (Å²) >= 11 is 0. The maximum absolute atomic E-state index is 11.9. The first kappa shape index (κ1) is 10.6. The van der Waals surface area contributed by atoms with Crippen molar-refractivity contribution in [2.24, 2.45) is 5.73 Å². The molecule has 0 radical (unpaired) electrons. The van der Waals surface area contributed by atoms with Gasteiger partial charge in [-0.2, -0.15) is 0 Å². The first-order valence-corrected chi connectivity index (χ1v) is 5.32. The first-order valence-electron chi connectivity index (χ1n) is 5.32. The molecule has 0 unspecified atom stereocenters. The van der Waals surface area contributed by atoms with Crippen LogP contribution in [-0.2, 0) is 14.3 Å². The number of ketones is 1. The van der Waals surface area contributed by atoms with E-state index in [9.17, 15) is 4.79 Å². The van der Waals surface area contributed by atoms with Crippen LogP contribution in [-0.4, -0.2) is 23.8 Å². The minimum atomic E-state index is -0.641. The minimum absolute atomic E-state index is 0.00456. The minimum Gasteiger partial charge on any atom is -0.402 e. The maximum atomic E-state index is 11.9. The molecule has 1 saturated heterocycles. The van der Waals surface area contributed by atoms with Crippen molar-refractivity contribution in [1.29, 1.82) is 0 Å². The van der Waals surface area contributed by atoms with Crippen molar-refractivity contribution in [3.05, 3.63) is 11.3 Å². The molecule has 1 saturated carbocycles. The van der Waals surface area contributed by atoms with Crippen LogP contribution in [0.25, 0.3) is 0 Å². The lowest BCUT2D eigenvalue weighted by molar-refractivity contribution is -0.156. The molecule has 0 bridgehead atoms. The van der Waals surface area contributed by atoms with Gasteiger partial charge in [0.25, 0.3) is 0 Å². The second-order valence-electron chi connectivity index (χ2n) is 4.52. The summed E-state index contributed by atoms with van der Waals surface area (Å²) in [4.78, 5) is 11.9. The summed E-state index contributed by atoms with van der Waals surface area (Å²) in [5, 5.41) is 0. The molecule has 84 valence electrons. The van der Waals surface area contributed by atoms with Crippen molar-refractivity contribution in [3.8, 4) is 0 Å². The molecule has 4 heteroatoms. The average molecular weight is 211 g/mol. The molecule has 0 spiro atoms. The van der Waals surface area contributed by atoms with E-state index in [1.807, 2.05) is 20.8 Å². The monoisotopic (exact) mass is 211 g/mol. The zero-order chi connectivity index (χ0) is 11.2. The summed E-state index contributed by atoms with van der Waals surface area (Å²) in [5.41, 5.74) is 7.15. The van der Waals surface area contributed by atoms with Gasteiger partial charge in [-0.25, -0.2) is 0 Å². The van der Waals surface area contributed by atoms with Gasteiger partial charge >= 0.3 is 0 Å². The number of rotatable bonds is 1. The number of hydrogen-bond acceptors (Lipinski definition) is 4. The largest absolute Gasteiger partial charge is 0.402 e. The van der Waals surface area contributed by atoms with E-state index in [-0.39, 0.29) is 11.9 Å². The maximum Gasteiger partial charge on any atom is 0.192 e. The molecule has 0 aromatic rings. The predicted molar refractivity (Wildman–Crippen MR) is 55.0 cm³/mol. The molecule has 0 amide bonds. The fourth-order valence-corrected chi connectivity index (χ4v) is 2.18. The second-order valence-corrected chi connectivity index (χ2v) is 4.52. The number of allylic oxidation sites excluding steroid dienone is 1. The van der Waals surface area contributed by atoms with E-state index in [4.69, 9.17) is 15.2 Å². The van der Waals surface area contributed by atoms with E-state index in [0.29, 0.717) is 24.1 Å². The Hall–Kier alpha value is -0.870. The number of fused-ring (bicyclic) bond motifs is 1. The molecule has 2 fully saturated rings. The third-order valence-electron chi connectivity index (χ3n) is 2.91. The topological polar surface area (TPSA) is 61.6 Å². The van der Waals surface area contributed by atoms with Crippen LogP contribution in [0.15, 0.2) is 11.3 Å². The van der Waals surface area contributed by atoms with Gasteiger partial charge in [0.2, 0.25) is 0 Å². The molecule has 1 heterocycles. The van der Waals surface area contributed by atoms with Crippen molar-refractivity contribution in [2.75, 3.05) is 0 Å². The van der Waals surface area contributed by atoms with Crippen LogP contribution >= 0.6 is 0 Å². The van der Waals surface area contributed by atoms with E-state index in [2.05, 4.69) is 0 Å². The summed E-state index contributed by atoms with van der Waals surface area (Å²) in [5.74, 6) is -0.637. The third-order valence-corrected chi connectivity index (χ3v) is 2.91. The van der Waals surface area contributed by atoms with Crippen molar-refractivity contribution in [2.45, 2.75) is 51.6 Å². The quantitative estimate of drug-likeness (QED) is 0.660. The van der Waals surface area contributed by atoms with Gasteiger partial charge in [-0.15, -0.1) is 0 Å². The highest BCUT2D eigenvalue weighted by Crippen LogP contribution is 2.39. The Morgan fingerprint density at radius 3 is 2.73 bits per heavy atom. The number of Topliss-reactive ketones (excluding diaryl/α,β-unsaturated/α-hetero) is 1. The SMILES string of the molecule is CC/C(N)=C1\C[C@@H]2OC(C)(C)O[C@@H]2C1=O. The van der Waals surface area contributed by atoms with Crippen molar-refractivity contribution in [3.63, 3.8) is 0 Å².